The average molecular weight is 671 g/mol. The third-order valence-electron chi connectivity index (χ3n) is 6.87. The van der Waals surface area contributed by atoms with Gasteiger partial charge in [-0.15, -0.1) is 0 Å². The molecule has 4 aromatic rings. The van der Waals surface area contributed by atoms with Gasteiger partial charge in [0, 0.05) is 23.5 Å². The van der Waals surface area contributed by atoms with Gasteiger partial charge in [0.05, 0.1) is 15.6 Å². The van der Waals surface area contributed by atoms with E-state index in [9.17, 15) is 22.4 Å². The van der Waals surface area contributed by atoms with Crippen molar-refractivity contribution in [2.75, 3.05) is 10.8 Å². The van der Waals surface area contributed by atoms with Gasteiger partial charge in [-0.1, -0.05) is 89.9 Å². The van der Waals surface area contributed by atoms with E-state index < -0.39 is 45.8 Å². The first-order chi connectivity index (χ1) is 21.3. The molecule has 4 aromatic carbocycles. The summed E-state index contributed by atoms with van der Waals surface area (Å²) in [5.41, 5.74) is 0.715. The van der Waals surface area contributed by atoms with E-state index in [1.807, 2.05) is 51.1 Å². The molecule has 45 heavy (non-hydrogen) atoms. The second-order valence-electron chi connectivity index (χ2n) is 11.5. The Labute approximate surface area is 273 Å². The summed E-state index contributed by atoms with van der Waals surface area (Å²) in [4.78, 5) is 29.6. The van der Waals surface area contributed by atoms with Crippen LogP contribution >= 0.6 is 23.2 Å². The van der Waals surface area contributed by atoms with E-state index in [0.29, 0.717) is 10.6 Å². The zero-order valence-electron chi connectivity index (χ0n) is 25.1. The number of carbonyl (C=O) groups excluding carboxylic acids is 2. The maximum absolute atomic E-state index is 14.5. The lowest BCUT2D eigenvalue weighted by molar-refractivity contribution is -0.140. The van der Waals surface area contributed by atoms with E-state index in [1.54, 1.807) is 42.5 Å². The SMILES string of the molecule is CC(C)(C)NC(=O)[C@@H](Cc1ccccc1)N(Cc1ccccc1Cl)C(=O)CN(c1ccc(F)c(Cl)c1)S(=O)(=O)c1ccccc1. The van der Waals surface area contributed by atoms with Gasteiger partial charge in [-0.25, -0.2) is 12.8 Å². The highest BCUT2D eigenvalue weighted by Gasteiger charge is 2.36. The van der Waals surface area contributed by atoms with E-state index in [4.69, 9.17) is 23.2 Å². The summed E-state index contributed by atoms with van der Waals surface area (Å²) in [7, 11) is -4.35. The molecule has 236 valence electrons. The van der Waals surface area contributed by atoms with Crippen LogP contribution in [-0.4, -0.2) is 43.3 Å². The van der Waals surface area contributed by atoms with Crippen LogP contribution < -0.4 is 9.62 Å². The van der Waals surface area contributed by atoms with Crippen molar-refractivity contribution in [2.45, 2.75) is 50.2 Å². The molecule has 0 spiro atoms. The van der Waals surface area contributed by atoms with Crippen molar-refractivity contribution in [3.8, 4) is 0 Å². The highest BCUT2D eigenvalue weighted by Crippen LogP contribution is 2.29. The van der Waals surface area contributed by atoms with Gasteiger partial charge < -0.3 is 10.2 Å². The Morgan fingerprint density at radius 1 is 0.844 bits per heavy atom. The number of benzene rings is 4. The number of halogens is 3. The molecule has 0 bridgehead atoms. The molecule has 0 saturated heterocycles. The van der Waals surface area contributed by atoms with E-state index in [0.717, 1.165) is 22.0 Å². The Morgan fingerprint density at radius 2 is 1.44 bits per heavy atom. The Bertz CT molecular complexity index is 1750. The molecule has 0 aliphatic rings. The Morgan fingerprint density at radius 3 is 2.04 bits per heavy atom. The molecule has 0 fully saturated rings. The molecule has 0 aliphatic carbocycles. The lowest BCUT2D eigenvalue weighted by Crippen LogP contribution is -2.56. The third kappa shape index (κ3) is 8.84. The Kier molecular flexibility index (Phi) is 10.9. The highest BCUT2D eigenvalue weighted by atomic mass is 35.5. The zero-order valence-corrected chi connectivity index (χ0v) is 27.4. The van der Waals surface area contributed by atoms with Crippen molar-refractivity contribution >= 4 is 50.7 Å². The van der Waals surface area contributed by atoms with Crippen LogP contribution in [-0.2, 0) is 32.6 Å². The first-order valence-electron chi connectivity index (χ1n) is 14.2. The van der Waals surface area contributed by atoms with Crippen molar-refractivity contribution in [2.24, 2.45) is 0 Å². The topological polar surface area (TPSA) is 86.8 Å². The monoisotopic (exact) mass is 669 g/mol. The van der Waals surface area contributed by atoms with E-state index >= 15 is 0 Å². The summed E-state index contributed by atoms with van der Waals surface area (Å²) in [5.74, 6) is -1.85. The molecule has 1 atom stereocenters. The summed E-state index contributed by atoms with van der Waals surface area (Å²) in [6.45, 7) is 4.69. The molecule has 0 heterocycles. The molecular formula is C34H34Cl2FN3O4S. The fourth-order valence-electron chi connectivity index (χ4n) is 4.71. The fourth-order valence-corrected chi connectivity index (χ4v) is 6.50. The van der Waals surface area contributed by atoms with Crippen molar-refractivity contribution in [1.82, 2.24) is 10.2 Å². The van der Waals surface area contributed by atoms with Crippen LogP contribution in [0, 0.1) is 5.82 Å². The number of anilines is 1. The van der Waals surface area contributed by atoms with Gasteiger partial charge in [-0.3, -0.25) is 13.9 Å². The Balaban J connectivity index is 1.84. The maximum Gasteiger partial charge on any atom is 0.264 e. The van der Waals surface area contributed by atoms with Crippen molar-refractivity contribution in [1.29, 1.82) is 0 Å². The number of carbonyl (C=O) groups is 2. The highest BCUT2D eigenvalue weighted by molar-refractivity contribution is 7.92. The lowest BCUT2D eigenvalue weighted by Gasteiger charge is -2.35. The molecule has 0 saturated carbocycles. The number of nitrogens with one attached hydrogen (secondary N) is 1. The minimum Gasteiger partial charge on any atom is -0.350 e. The van der Waals surface area contributed by atoms with Gasteiger partial charge in [0.2, 0.25) is 11.8 Å². The predicted octanol–water partition coefficient (Wildman–Crippen LogP) is 6.88. The summed E-state index contributed by atoms with van der Waals surface area (Å²) >= 11 is 12.6. The van der Waals surface area contributed by atoms with Crippen LogP contribution in [0.25, 0.3) is 0 Å². The standard InChI is InChI=1S/C34H34Cl2FN3O4S/c1-34(2,3)38-33(42)31(20-24-12-6-4-7-13-24)39(22-25-14-10-11-17-28(25)35)32(41)23-40(26-18-19-30(37)29(36)21-26)45(43,44)27-15-8-5-9-16-27/h4-19,21,31H,20,22-23H2,1-3H3,(H,38,42)/t31-/m1/s1. The molecule has 11 heteroatoms. The van der Waals surface area contributed by atoms with Crippen LogP contribution in [0.2, 0.25) is 10.0 Å². The molecular weight excluding hydrogens is 636 g/mol. The molecule has 0 radical (unpaired) electrons. The largest absolute Gasteiger partial charge is 0.350 e. The van der Waals surface area contributed by atoms with Crippen molar-refractivity contribution in [3.63, 3.8) is 0 Å². The van der Waals surface area contributed by atoms with Crippen LogP contribution in [0.1, 0.15) is 31.9 Å². The number of nitrogens with zero attached hydrogens (tertiary/aromatic N) is 2. The van der Waals surface area contributed by atoms with Crippen LogP contribution in [0.5, 0.6) is 0 Å². The fraction of sp³-hybridized carbons (Fsp3) is 0.235. The van der Waals surface area contributed by atoms with Crippen LogP contribution in [0.15, 0.2) is 108 Å². The van der Waals surface area contributed by atoms with E-state index in [2.05, 4.69) is 5.32 Å². The lowest BCUT2D eigenvalue weighted by atomic mass is 10.0. The number of amides is 2. The quantitative estimate of drug-likeness (QED) is 0.189. The molecule has 0 aromatic heterocycles. The van der Waals surface area contributed by atoms with Crippen LogP contribution in [0.3, 0.4) is 0 Å². The smallest absolute Gasteiger partial charge is 0.264 e. The van der Waals surface area contributed by atoms with Crippen molar-refractivity contribution in [3.05, 3.63) is 130 Å². The number of rotatable bonds is 11. The number of sulfonamides is 1. The molecule has 0 unspecified atom stereocenters. The van der Waals surface area contributed by atoms with Gasteiger partial charge in [0.1, 0.15) is 18.4 Å². The number of hydrogen-bond donors (Lipinski definition) is 1. The molecule has 4 rings (SSSR count). The minimum atomic E-state index is -4.35. The normalized spacial score (nSPS) is 12.3. The zero-order chi connectivity index (χ0) is 32.8. The summed E-state index contributed by atoms with van der Waals surface area (Å²) in [5, 5.41) is 3.04. The second kappa shape index (κ2) is 14.5. The van der Waals surface area contributed by atoms with E-state index in [1.165, 1.54) is 23.1 Å². The van der Waals surface area contributed by atoms with Gasteiger partial charge in [-0.2, -0.15) is 0 Å². The minimum absolute atomic E-state index is 0.0185. The summed E-state index contributed by atoms with van der Waals surface area (Å²) in [6, 6.07) is 26.1. The second-order valence-corrected chi connectivity index (χ2v) is 14.2. The van der Waals surface area contributed by atoms with Crippen molar-refractivity contribution < 1.29 is 22.4 Å². The first kappa shape index (κ1) is 34.0. The van der Waals surface area contributed by atoms with Gasteiger partial charge in [-0.05, 0) is 68.3 Å². The van der Waals surface area contributed by atoms with Gasteiger partial charge >= 0.3 is 0 Å². The molecule has 7 nitrogen and oxygen atoms in total. The number of hydrogen-bond acceptors (Lipinski definition) is 4. The molecule has 1 N–H and O–H groups in total. The molecule has 0 aliphatic heterocycles. The Hall–Kier alpha value is -3.92. The predicted molar refractivity (Wildman–Crippen MR) is 176 cm³/mol. The summed E-state index contributed by atoms with van der Waals surface area (Å²) in [6.07, 6.45) is 0.146. The molecule has 2 amide bonds. The van der Waals surface area contributed by atoms with Gasteiger partial charge in [0.25, 0.3) is 10.0 Å². The maximum atomic E-state index is 14.5. The summed E-state index contributed by atoms with van der Waals surface area (Å²) < 4.78 is 43.0. The van der Waals surface area contributed by atoms with E-state index in [-0.39, 0.29) is 28.6 Å². The van der Waals surface area contributed by atoms with Gasteiger partial charge in [0.15, 0.2) is 0 Å². The third-order valence-corrected chi connectivity index (χ3v) is 9.32. The first-order valence-corrected chi connectivity index (χ1v) is 16.4. The van der Waals surface area contributed by atoms with Crippen LogP contribution in [0.4, 0.5) is 10.1 Å². The average Bonchev–Trinajstić information content (AvgIpc) is 3.00.